The fraction of sp³-hybridized carbons (Fsp3) is 0.400. The predicted molar refractivity (Wildman–Crippen MR) is 58.3 cm³/mol. The van der Waals surface area contributed by atoms with Crippen molar-refractivity contribution in [1.29, 1.82) is 0 Å². The highest BCUT2D eigenvalue weighted by Crippen LogP contribution is 2.18. The van der Waals surface area contributed by atoms with Crippen LogP contribution in [0.2, 0.25) is 0 Å². The van der Waals surface area contributed by atoms with Crippen LogP contribution >= 0.6 is 15.9 Å². The van der Waals surface area contributed by atoms with Crippen molar-refractivity contribution < 1.29 is 4.84 Å². The van der Waals surface area contributed by atoms with Crippen molar-refractivity contribution in [2.75, 3.05) is 0 Å². The molecule has 0 aromatic carbocycles. The summed E-state index contributed by atoms with van der Waals surface area (Å²) in [5, 5.41) is 4.03. The van der Waals surface area contributed by atoms with E-state index >= 15 is 0 Å². The first-order valence-corrected chi connectivity index (χ1v) is 5.43. The van der Waals surface area contributed by atoms with Crippen LogP contribution in [0.5, 0.6) is 0 Å². The fourth-order valence-corrected chi connectivity index (χ4v) is 1.58. The first-order chi connectivity index (χ1) is 6.79. The number of aromatic nitrogens is 1. The van der Waals surface area contributed by atoms with E-state index in [4.69, 9.17) is 4.84 Å². The Morgan fingerprint density at radius 3 is 3.00 bits per heavy atom. The number of hydrogen-bond acceptors (Lipinski definition) is 3. The Morgan fingerprint density at radius 1 is 1.57 bits per heavy atom. The zero-order chi connectivity index (χ0) is 9.97. The highest BCUT2D eigenvalue weighted by atomic mass is 79.9. The number of nitrogens with zero attached hydrogens (tertiary/aromatic N) is 2. The Kier molecular flexibility index (Phi) is 2.82. The smallest absolute Gasteiger partial charge is 0.133 e. The van der Waals surface area contributed by atoms with Gasteiger partial charge in [0, 0.05) is 17.1 Å². The summed E-state index contributed by atoms with van der Waals surface area (Å²) in [7, 11) is 0. The monoisotopic (exact) mass is 254 g/mol. The third-order valence-electron chi connectivity index (χ3n) is 2.21. The quantitative estimate of drug-likeness (QED) is 0.814. The second kappa shape index (κ2) is 4.09. The molecule has 0 N–H and O–H groups in total. The molecule has 0 bridgehead atoms. The summed E-state index contributed by atoms with van der Waals surface area (Å²) in [5.74, 6) is 0. The molecule has 0 saturated carbocycles. The second-order valence-corrected chi connectivity index (χ2v) is 4.16. The molecule has 1 atom stereocenters. The van der Waals surface area contributed by atoms with E-state index in [1.165, 1.54) is 0 Å². The number of oxime groups is 1. The van der Waals surface area contributed by atoms with Crippen molar-refractivity contribution >= 4 is 21.6 Å². The molecule has 14 heavy (non-hydrogen) atoms. The number of rotatable bonds is 2. The lowest BCUT2D eigenvalue weighted by molar-refractivity contribution is 0.0829. The molecule has 0 saturated heterocycles. The van der Waals surface area contributed by atoms with E-state index in [1.807, 2.05) is 12.1 Å². The van der Waals surface area contributed by atoms with Gasteiger partial charge in [-0.15, -0.1) is 0 Å². The molecule has 1 aliphatic rings. The van der Waals surface area contributed by atoms with E-state index in [2.05, 4.69) is 33.0 Å². The van der Waals surface area contributed by atoms with E-state index in [1.54, 1.807) is 6.20 Å². The molecule has 2 rings (SSSR count). The minimum atomic E-state index is 0.232. The van der Waals surface area contributed by atoms with Gasteiger partial charge in [0.25, 0.3) is 0 Å². The third kappa shape index (κ3) is 1.95. The largest absolute Gasteiger partial charge is 0.392 e. The van der Waals surface area contributed by atoms with Crippen molar-refractivity contribution in [2.45, 2.75) is 25.9 Å². The number of pyridine rings is 1. The first-order valence-electron chi connectivity index (χ1n) is 4.64. The van der Waals surface area contributed by atoms with E-state index in [-0.39, 0.29) is 6.10 Å². The fourth-order valence-electron chi connectivity index (χ4n) is 1.35. The summed E-state index contributed by atoms with van der Waals surface area (Å²) in [6.07, 6.45) is 3.86. The van der Waals surface area contributed by atoms with Gasteiger partial charge in [-0.05, 0) is 34.5 Å². The molecule has 1 aromatic rings. The molecule has 3 nitrogen and oxygen atoms in total. The maximum absolute atomic E-state index is 5.24. The van der Waals surface area contributed by atoms with E-state index < -0.39 is 0 Å². The SMILES string of the molecule is CCC1CC(c2ccc(Br)cn2)=NO1. The molecule has 0 amide bonds. The van der Waals surface area contributed by atoms with E-state index in [0.717, 1.165) is 28.7 Å². The summed E-state index contributed by atoms with van der Waals surface area (Å²) in [5.41, 5.74) is 1.86. The molecule has 0 spiro atoms. The van der Waals surface area contributed by atoms with Crippen LogP contribution in [-0.4, -0.2) is 16.8 Å². The maximum Gasteiger partial charge on any atom is 0.133 e. The van der Waals surface area contributed by atoms with Gasteiger partial charge in [-0.2, -0.15) is 0 Å². The van der Waals surface area contributed by atoms with Gasteiger partial charge >= 0.3 is 0 Å². The van der Waals surface area contributed by atoms with Crippen molar-refractivity contribution in [3.8, 4) is 0 Å². The van der Waals surface area contributed by atoms with Gasteiger partial charge in [-0.25, -0.2) is 0 Å². The standard InChI is InChI=1S/C10H11BrN2O/c1-2-8-5-10(13-14-8)9-4-3-7(11)6-12-9/h3-4,6,8H,2,5H2,1H3. The average Bonchev–Trinajstić information content (AvgIpc) is 2.67. The Morgan fingerprint density at radius 2 is 2.43 bits per heavy atom. The molecule has 74 valence electrons. The van der Waals surface area contributed by atoms with Gasteiger partial charge in [-0.3, -0.25) is 4.98 Å². The third-order valence-corrected chi connectivity index (χ3v) is 2.68. The summed E-state index contributed by atoms with van der Waals surface area (Å²) < 4.78 is 0.979. The molecule has 1 unspecified atom stereocenters. The molecule has 0 radical (unpaired) electrons. The lowest BCUT2D eigenvalue weighted by atomic mass is 10.1. The van der Waals surface area contributed by atoms with Crippen LogP contribution in [0, 0.1) is 0 Å². The molecule has 4 heteroatoms. The zero-order valence-electron chi connectivity index (χ0n) is 7.90. The van der Waals surface area contributed by atoms with Crippen LogP contribution in [-0.2, 0) is 4.84 Å². The molecular weight excluding hydrogens is 244 g/mol. The van der Waals surface area contributed by atoms with Crippen LogP contribution in [0.3, 0.4) is 0 Å². The van der Waals surface area contributed by atoms with Crippen LogP contribution in [0.15, 0.2) is 28.0 Å². The van der Waals surface area contributed by atoms with Crippen molar-refractivity contribution in [2.24, 2.45) is 5.16 Å². The molecule has 1 aromatic heterocycles. The van der Waals surface area contributed by atoms with E-state index in [0.29, 0.717) is 0 Å². The van der Waals surface area contributed by atoms with E-state index in [9.17, 15) is 0 Å². The zero-order valence-corrected chi connectivity index (χ0v) is 9.49. The average molecular weight is 255 g/mol. The van der Waals surface area contributed by atoms with Crippen molar-refractivity contribution in [3.63, 3.8) is 0 Å². The van der Waals surface area contributed by atoms with Gasteiger partial charge in [0.2, 0.25) is 0 Å². The highest BCUT2D eigenvalue weighted by molar-refractivity contribution is 9.10. The van der Waals surface area contributed by atoms with Gasteiger partial charge in [0.1, 0.15) is 11.8 Å². The van der Waals surface area contributed by atoms with Crippen LogP contribution in [0.25, 0.3) is 0 Å². The molecule has 0 fully saturated rings. The summed E-state index contributed by atoms with van der Waals surface area (Å²) in [6.45, 7) is 2.10. The Labute approximate surface area is 91.3 Å². The van der Waals surface area contributed by atoms with Crippen molar-refractivity contribution in [3.05, 3.63) is 28.5 Å². The number of halogens is 1. The van der Waals surface area contributed by atoms with Crippen molar-refractivity contribution in [1.82, 2.24) is 4.98 Å². The topological polar surface area (TPSA) is 34.5 Å². The predicted octanol–water partition coefficient (Wildman–Crippen LogP) is 2.75. The normalized spacial score (nSPS) is 20.4. The summed E-state index contributed by atoms with van der Waals surface area (Å²) in [6, 6.07) is 3.91. The van der Waals surface area contributed by atoms with Gasteiger partial charge in [-0.1, -0.05) is 12.1 Å². The van der Waals surface area contributed by atoms with Gasteiger partial charge in [0.15, 0.2) is 0 Å². The lowest BCUT2D eigenvalue weighted by Crippen LogP contribution is -2.07. The minimum Gasteiger partial charge on any atom is -0.392 e. The summed E-state index contributed by atoms with van der Waals surface area (Å²) in [4.78, 5) is 9.51. The van der Waals surface area contributed by atoms with Crippen LogP contribution in [0.4, 0.5) is 0 Å². The summed E-state index contributed by atoms with van der Waals surface area (Å²) >= 11 is 3.35. The maximum atomic E-state index is 5.24. The molecule has 2 heterocycles. The number of hydrogen-bond donors (Lipinski definition) is 0. The van der Waals surface area contributed by atoms with Gasteiger partial charge < -0.3 is 4.84 Å². The highest BCUT2D eigenvalue weighted by Gasteiger charge is 2.20. The van der Waals surface area contributed by atoms with Gasteiger partial charge in [0.05, 0.1) is 5.69 Å². The molecule has 0 aliphatic carbocycles. The minimum absolute atomic E-state index is 0.232. The lowest BCUT2D eigenvalue weighted by Gasteiger charge is -2.01. The van der Waals surface area contributed by atoms with Crippen LogP contribution in [0.1, 0.15) is 25.5 Å². The van der Waals surface area contributed by atoms with Crippen LogP contribution < -0.4 is 0 Å². The first kappa shape index (κ1) is 9.65. The molecule has 1 aliphatic heterocycles. The second-order valence-electron chi connectivity index (χ2n) is 3.24. The Hall–Kier alpha value is -0.900. The molecular formula is C10H11BrN2O. The Bertz CT molecular complexity index is 348. The Balaban J connectivity index is 2.13.